The van der Waals surface area contributed by atoms with E-state index in [-0.39, 0.29) is 23.5 Å². The number of hydrogen-bond donors (Lipinski definition) is 0. The first-order valence-electron chi connectivity index (χ1n) is 5.90. The summed E-state index contributed by atoms with van der Waals surface area (Å²) >= 11 is 7.36. The highest BCUT2D eigenvalue weighted by Crippen LogP contribution is 2.59. The lowest BCUT2D eigenvalue weighted by molar-refractivity contribution is 0.0346. The third-order valence-corrected chi connectivity index (χ3v) is 7.61. The summed E-state index contributed by atoms with van der Waals surface area (Å²) in [7, 11) is 1.54. The minimum Gasteiger partial charge on any atom is -0.246 e. The van der Waals surface area contributed by atoms with Gasteiger partial charge in [0.25, 0.3) is 0 Å². The van der Waals surface area contributed by atoms with E-state index in [1.54, 1.807) is 16.4 Å². The van der Waals surface area contributed by atoms with Crippen LogP contribution in [-0.2, 0) is 7.05 Å². The molecule has 0 unspecified atom stereocenters. The van der Waals surface area contributed by atoms with Gasteiger partial charge in [0.1, 0.15) is 0 Å². The van der Waals surface area contributed by atoms with Crippen molar-refractivity contribution in [3.63, 3.8) is 0 Å². The number of nitrogens with zero attached hydrogens (tertiary/aromatic N) is 3. The smallest absolute Gasteiger partial charge is 0.246 e. The molecular formula is C11H11Br2N3O2. The number of hydrogen-bond acceptors (Lipinski definition) is 2. The van der Waals surface area contributed by atoms with Crippen LogP contribution >= 0.6 is 31.9 Å². The Hall–Kier alpha value is -0.560. The van der Waals surface area contributed by atoms with Crippen molar-refractivity contribution in [1.82, 2.24) is 13.9 Å². The first-order chi connectivity index (χ1) is 8.54. The minimum atomic E-state index is -0.212. The number of alkyl halides is 2. The van der Waals surface area contributed by atoms with Crippen LogP contribution in [0.1, 0.15) is 12.1 Å². The van der Waals surface area contributed by atoms with Crippen molar-refractivity contribution in [2.24, 2.45) is 18.9 Å². The molecule has 1 saturated carbocycles. The molecule has 0 aromatic carbocycles. The Balaban J connectivity index is 2.02. The fraction of sp³-hybridized carbons (Fsp3) is 0.636. The van der Waals surface area contributed by atoms with Gasteiger partial charge in [0.05, 0.1) is 12.1 Å². The summed E-state index contributed by atoms with van der Waals surface area (Å²) in [5.41, 5.74) is -0.425. The van der Waals surface area contributed by atoms with Crippen LogP contribution in [0.4, 0.5) is 0 Å². The number of halogens is 2. The quantitative estimate of drug-likeness (QED) is 0.496. The second-order valence-electron chi connectivity index (χ2n) is 5.22. The molecule has 2 bridgehead atoms. The zero-order valence-corrected chi connectivity index (χ0v) is 12.7. The Bertz CT molecular complexity index is 630. The lowest BCUT2D eigenvalue weighted by Gasteiger charge is -2.58. The predicted molar refractivity (Wildman–Crippen MR) is 73.6 cm³/mol. The van der Waals surface area contributed by atoms with E-state index in [0.29, 0.717) is 21.5 Å². The Morgan fingerprint density at radius 2 is 1.33 bits per heavy atom. The van der Waals surface area contributed by atoms with Crippen molar-refractivity contribution in [2.75, 3.05) is 0 Å². The molecule has 0 spiro atoms. The summed E-state index contributed by atoms with van der Waals surface area (Å²) in [6, 6.07) is -0.000787. The molecule has 1 aromatic heterocycles. The Morgan fingerprint density at radius 3 is 1.72 bits per heavy atom. The van der Waals surface area contributed by atoms with Gasteiger partial charge >= 0.3 is 11.4 Å². The molecule has 2 aliphatic heterocycles. The van der Waals surface area contributed by atoms with Gasteiger partial charge in [-0.2, -0.15) is 0 Å². The number of aromatic nitrogens is 3. The predicted octanol–water partition coefficient (Wildman–Crippen LogP) is 0.787. The highest BCUT2D eigenvalue weighted by atomic mass is 79.9. The first-order valence-corrected chi connectivity index (χ1v) is 7.73. The van der Waals surface area contributed by atoms with Crippen molar-refractivity contribution in [1.29, 1.82) is 0 Å². The van der Waals surface area contributed by atoms with Crippen LogP contribution in [-0.4, -0.2) is 23.6 Å². The number of allylic oxidation sites excluding steroid dienone is 2. The minimum absolute atomic E-state index is 0.000394. The summed E-state index contributed by atoms with van der Waals surface area (Å²) in [6.07, 6.45) is 4.14. The fourth-order valence-corrected chi connectivity index (χ4v) is 5.66. The molecule has 2 aliphatic carbocycles. The highest BCUT2D eigenvalue weighted by Gasteiger charge is 2.60. The van der Waals surface area contributed by atoms with Crippen molar-refractivity contribution in [3.05, 3.63) is 33.1 Å². The van der Waals surface area contributed by atoms with Crippen molar-refractivity contribution < 1.29 is 0 Å². The zero-order valence-electron chi connectivity index (χ0n) is 9.53. The van der Waals surface area contributed by atoms with E-state index in [4.69, 9.17) is 0 Å². The Morgan fingerprint density at radius 1 is 0.944 bits per heavy atom. The van der Waals surface area contributed by atoms with Crippen molar-refractivity contribution in [2.45, 2.75) is 21.7 Å². The molecule has 96 valence electrons. The van der Waals surface area contributed by atoms with Gasteiger partial charge in [-0.05, 0) is 0 Å². The summed E-state index contributed by atoms with van der Waals surface area (Å²) in [5, 5.41) is 0. The maximum atomic E-state index is 12.1. The molecule has 1 aromatic rings. The Kier molecular flexibility index (Phi) is 2.07. The van der Waals surface area contributed by atoms with Gasteiger partial charge in [0.15, 0.2) is 0 Å². The van der Waals surface area contributed by atoms with Gasteiger partial charge < -0.3 is 0 Å². The van der Waals surface area contributed by atoms with E-state index >= 15 is 0 Å². The van der Waals surface area contributed by atoms with Crippen LogP contribution in [0, 0.1) is 11.8 Å². The van der Waals surface area contributed by atoms with Gasteiger partial charge in [-0.15, -0.1) is 0 Å². The van der Waals surface area contributed by atoms with Gasteiger partial charge in [0, 0.05) is 28.5 Å². The molecule has 18 heavy (non-hydrogen) atoms. The van der Waals surface area contributed by atoms with E-state index in [2.05, 4.69) is 44.0 Å². The average molecular weight is 377 g/mol. The molecule has 6 atom stereocenters. The SMILES string of the molecule is Cn1c(=O)n2n(c1=O)[C@H]1C=C[C@H]2[C@@H]2[C@H](Br)[C@@H](Br)[C@@H]21. The van der Waals surface area contributed by atoms with Crippen molar-refractivity contribution in [3.8, 4) is 0 Å². The Labute approximate surface area is 119 Å². The van der Waals surface area contributed by atoms with Crippen LogP contribution in [0.2, 0.25) is 0 Å². The highest BCUT2D eigenvalue weighted by molar-refractivity contribution is 9.12. The van der Waals surface area contributed by atoms with Crippen LogP contribution in [0.5, 0.6) is 0 Å². The van der Waals surface area contributed by atoms with E-state index in [1.165, 1.54) is 4.57 Å². The van der Waals surface area contributed by atoms with Gasteiger partial charge in [-0.25, -0.2) is 23.5 Å². The normalized spacial score (nSPS) is 43.5. The summed E-state index contributed by atoms with van der Waals surface area (Å²) in [6.45, 7) is 0. The monoisotopic (exact) mass is 375 g/mol. The molecule has 0 amide bonds. The second-order valence-corrected chi connectivity index (χ2v) is 7.34. The second kappa shape index (κ2) is 3.30. The molecule has 4 aliphatic rings. The van der Waals surface area contributed by atoms with Crippen LogP contribution in [0.3, 0.4) is 0 Å². The van der Waals surface area contributed by atoms with Gasteiger partial charge in [-0.1, -0.05) is 44.0 Å². The first kappa shape index (κ1) is 11.3. The van der Waals surface area contributed by atoms with E-state index in [0.717, 1.165) is 0 Å². The van der Waals surface area contributed by atoms with E-state index in [9.17, 15) is 9.59 Å². The standard InChI is InChI=1S/C11H11Br2N3O2/c1-14-10(17)15-4-2-3-5(16(15)11(14)18)7-6(4)8(12)9(7)13/h2-9H,1H3/t4-,5-,6-,7+,8-,9-/m0/s1. The molecule has 0 radical (unpaired) electrons. The molecule has 1 fully saturated rings. The van der Waals surface area contributed by atoms with Gasteiger partial charge in [-0.3, -0.25) is 0 Å². The molecule has 5 rings (SSSR count). The molecule has 0 N–H and O–H groups in total. The average Bonchev–Trinajstić information content (AvgIpc) is 2.64. The molecule has 5 nitrogen and oxygen atoms in total. The largest absolute Gasteiger partial charge is 0.347 e. The maximum Gasteiger partial charge on any atom is 0.347 e. The fourth-order valence-electron chi connectivity index (χ4n) is 3.63. The third-order valence-electron chi connectivity index (χ3n) is 4.54. The summed E-state index contributed by atoms with van der Waals surface area (Å²) in [4.78, 5) is 25.0. The summed E-state index contributed by atoms with van der Waals surface area (Å²) in [5.74, 6) is 0.785. The van der Waals surface area contributed by atoms with E-state index in [1.807, 2.05) is 0 Å². The van der Waals surface area contributed by atoms with Crippen molar-refractivity contribution >= 4 is 31.9 Å². The van der Waals surface area contributed by atoms with E-state index < -0.39 is 0 Å². The van der Waals surface area contributed by atoms with Crippen LogP contribution in [0.15, 0.2) is 21.7 Å². The number of rotatable bonds is 0. The zero-order chi connectivity index (χ0) is 12.8. The topological polar surface area (TPSA) is 48.9 Å². The molecular weight excluding hydrogens is 366 g/mol. The molecule has 0 saturated heterocycles. The molecule has 7 heteroatoms. The third kappa shape index (κ3) is 1.01. The lowest BCUT2D eigenvalue weighted by Crippen LogP contribution is -2.63. The van der Waals surface area contributed by atoms with Crippen LogP contribution in [0.25, 0.3) is 0 Å². The summed E-state index contributed by atoms with van der Waals surface area (Å²) < 4.78 is 4.45. The molecule has 3 heterocycles. The van der Waals surface area contributed by atoms with Gasteiger partial charge in [0.2, 0.25) is 0 Å². The van der Waals surface area contributed by atoms with Crippen LogP contribution < -0.4 is 11.4 Å². The maximum absolute atomic E-state index is 12.1. The lowest BCUT2D eigenvalue weighted by atomic mass is 9.62.